The molecule has 1 atom stereocenters. The number of rotatable bonds is 7. The van der Waals surface area contributed by atoms with Crippen molar-refractivity contribution >= 4 is 0 Å². The van der Waals surface area contributed by atoms with Gasteiger partial charge in [0.2, 0.25) is 0 Å². The summed E-state index contributed by atoms with van der Waals surface area (Å²) in [5.74, 6) is 2.72. The van der Waals surface area contributed by atoms with Crippen LogP contribution in [0.1, 0.15) is 24.4 Å². The van der Waals surface area contributed by atoms with Crippen molar-refractivity contribution < 1.29 is 9.47 Å². The van der Waals surface area contributed by atoms with E-state index >= 15 is 0 Å². The van der Waals surface area contributed by atoms with Crippen molar-refractivity contribution in [3.63, 3.8) is 0 Å². The number of nitrogens with one attached hydrogen (secondary N) is 1. The number of aryl methyl sites for hydroxylation is 1. The second-order valence-electron chi connectivity index (χ2n) is 4.88. The molecule has 0 aliphatic carbocycles. The molecular weight excluding hydrogens is 266 g/mol. The Labute approximate surface area is 125 Å². The maximum Gasteiger partial charge on any atom is 0.123 e. The van der Waals surface area contributed by atoms with Crippen molar-refractivity contribution in [2.24, 2.45) is 7.05 Å². The van der Waals surface area contributed by atoms with Crippen molar-refractivity contribution in [3.8, 4) is 11.5 Å². The molecular formula is C16H23N3O2. The van der Waals surface area contributed by atoms with Gasteiger partial charge in [0, 0.05) is 37.5 Å². The molecule has 0 aliphatic rings. The van der Waals surface area contributed by atoms with E-state index in [4.69, 9.17) is 9.47 Å². The molecule has 0 bridgehead atoms. The van der Waals surface area contributed by atoms with E-state index in [0.717, 1.165) is 35.9 Å². The predicted octanol–water partition coefficient (Wildman–Crippen LogP) is 2.33. The van der Waals surface area contributed by atoms with E-state index in [1.807, 2.05) is 42.2 Å². The Morgan fingerprint density at radius 3 is 2.67 bits per heavy atom. The van der Waals surface area contributed by atoms with Crippen LogP contribution in [0.2, 0.25) is 0 Å². The summed E-state index contributed by atoms with van der Waals surface area (Å²) in [7, 11) is 5.37. The molecule has 0 fully saturated rings. The summed E-state index contributed by atoms with van der Waals surface area (Å²) in [6.07, 6.45) is 4.57. The van der Waals surface area contributed by atoms with Crippen LogP contribution in [0.3, 0.4) is 0 Å². The fourth-order valence-corrected chi connectivity index (χ4v) is 2.43. The molecule has 2 aromatic rings. The van der Waals surface area contributed by atoms with Crippen LogP contribution in [0.25, 0.3) is 0 Å². The van der Waals surface area contributed by atoms with Crippen LogP contribution in [-0.4, -0.2) is 30.3 Å². The van der Waals surface area contributed by atoms with Crippen LogP contribution in [0.15, 0.2) is 30.6 Å². The average molecular weight is 289 g/mol. The van der Waals surface area contributed by atoms with Gasteiger partial charge in [0.05, 0.1) is 14.2 Å². The van der Waals surface area contributed by atoms with E-state index in [1.165, 1.54) is 0 Å². The van der Waals surface area contributed by atoms with Crippen LogP contribution < -0.4 is 14.8 Å². The van der Waals surface area contributed by atoms with E-state index in [9.17, 15) is 0 Å². The molecule has 5 heteroatoms. The third-order valence-electron chi connectivity index (χ3n) is 3.57. The number of benzene rings is 1. The summed E-state index contributed by atoms with van der Waals surface area (Å²) in [4.78, 5) is 4.41. The van der Waals surface area contributed by atoms with Gasteiger partial charge in [0.25, 0.3) is 0 Å². The summed E-state index contributed by atoms with van der Waals surface area (Å²) in [5.41, 5.74) is 1.08. The molecule has 1 aromatic heterocycles. The van der Waals surface area contributed by atoms with E-state index in [2.05, 4.69) is 17.2 Å². The van der Waals surface area contributed by atoms with Gasteiger partial charge in [0.1, 0.15) is 17.3 Å². The number of methoxy groups -OCH3 is 2. The van der Waals surface area contributed by atoms with Gasteiger partial charge >= 0.3 is 0 Å². The zero-order valence-corrected chi connectivity index (χ0v) is 13.1. The Bertz CT molecular complexity index is 581. The number of hydrogen-bond acceptors (Lipinski definition) is 4. The monoisotopic (exact) mass is 289 g/mol. The molecule has 0 saturated carbocycles. The largest absolute Gasteiger partial charge is 0.497 e. The zero-order chi connectivity index (χ0) is 15.2. The van der Waals surface area contributed by atoms with Crippen LogP contribution in [0.5, 0.6) is 11.5 Å². The Kier molecular flexibility index (Phi) is 5.22. The maximum atomic E-state index is 5.50. The first-order chi connectivity index (χ1) is 10.2. The molecule has 0 aliphatic heterocycles. The lowest BCUT2D eigenvalue weighted by Crippen LogP contribution is -2.24. The zero-order valence-electron chi connectivity index (χ0n) is 13.1. The maximum absolute atomic E-state index is 5.50. The number of nitrogens with zero attached hydrogens (tertiary/aromatic N) is 2. The summed E-state index contributed by atoms with van der Waals surface area (Å²) in [6, 6.07) is 6.00. The average Bonchev–Trinajstić information content (AvgIpc) is 2.91. The first-order valence-corrected chi connectivity index (χ1v) is 7.11. The lowest BCUT2D eigenvalue weighted by Gasteiger charge is -2.21. The molecule has 1 N–H and O–H groups in total. The molecule has 0 spiro atoms. The molecule has 21 heavy (non-hydrogen) atoms. The van der Waals surface area contributed by atoms with Crippen LogP contribution in [0.4, 0.5) is 0 Å². The lowest BCUT2D eigenvalue weighted by atomic mass is 10.0. The lowest BCUT2D eigenvalue weighted by molar-refractivity contribution is 0.388. The summed E-state index contributed by atoms with van der Waals surface area (Å²) >= 11 is 0. The first-order valence-electron chi connectivity index (χ1n) is 7.11. The highest BCUT2D eigenvalue weighted by atomic mass is 16.5. The Morgan fingerprint density at radius 1 is 1.29 bits per heavy atom. The second kappa shape index (κ2) is 7.13. The molecule has 1 aromatic carbocycles. The van der Waals surface area contributed by atoms with E-state index in [-0.39, 0.29) is 6.04 Å². The predicted molar refractivity (Wildman–Crippen MR) is 82.9 cm³/mol. The minimum Gasteiger partial charge on any atom is -0.497 e. The molecule has 1 unspecified atom stereocenters. The Morgan fingerprint density at radius 2 is 2.10 bits per heavy atom. The van der Waals surface area contributed by atoms with Gasteiger partial charge in [-0.25, -0.2) is 4.98 Å². The molecule has 0 radical (unpaired) electrons. The standard InChI is InChI=1S/C16H23N3O2/c1-5-17-14(11-16-18-8-9-19(16)2)13-10-12(20-3)6-7-15(13)21-4/h6-10,14,17H,5,11H2,1-4H3. The summed E-state index contributed by atoms with van der Waals surface area (Å²) in [6.45, 7) is 2.97. The van der Waals surface area contributed by atoms with E-state index in [0.29, 0.717) is 0 Å². The number of aromatic nitrogens is 2. The molecule has 5 nitrogen and oxygen atoms in total. The topological polar surface area (TPSA) is 48.3 Å². The highest BCUT2D eigenvalue weighted by molar-refractivity contribution is 5.42. The minimum atomic E-state index is 0.126. The Hall–Kier alpha value is -2.01. The molecule has 1 heterocycles. The molecule has 0 saturated heterocycles. The van der Waals surface area contributed by atoms with Gasteiger partial charge in [-0.15, -0.1) is 0 Å². The van der Waals surface area contributed by atoms with Gasteiger partial charge in [-0.2, -0.15) is 0 Å². The fraction of sp³-hybridized carbons (Fsp3) is 0.438. The summed E-state index contributed by atoms with van der Waals surface area (Å²) in [5, 5.41) is 3.50. The number of ether oxygens (including phenoxy) is 2. The van der Waals surface area contributed by atoms with E-state index in [1.54, 1.807) is 14.2 Å². The van der Waals surface area contributed by atoms with Gasteiger partial charge in [-0.05, 0) is 24.7 Å². The highest BCUT2D eigenvalue weighted by Crippen LogP contribution is 2.31. The molecule has 114 valence electrons. The van der Waals surface area contributed by atoms with Crippen molar-refractivity contribution in [1.29, 1.82) is 0 Å². The van der Waals surface area contributed by atoms with Gasteiger partial charge in [0.15, 0.2) is 0 Å². The third-order valence-corrected chi connectivity index (χ3v) is 3.57. The van der Waals surface area contributed by atoms with Gasteiger partial charge < -0.3 is 19.4 Å². The Balaban J connectivity index is 2.34. The second-order valence-corrected chi connectivity index (χ2v) is 4.88. The van der Waals surface area contributed by atoms with Crippen LogP contribution in [-0.2, 0) is 13.5 Å². The van der Waals surface area contributed by atoms with Crippen LogP contribution >= 0.6 is 0 Å². The quantitative estimate of drug-likeness (QED) is 0.850. The van der Waals surface area contributed by atoms with Crippen molar-refractivity contribution in [2.45, 2.75) is 19.4 Å². The normalized spacial score (nSPS) is 12.2. The first kappa shape index (κ1) is 15.4. The molecule has 0 amide bonds. The minimum absolute atomic E-state index is 0.126. The number of imidazole rings is 1. The van der Waals surface area contributed by atoms with Gasteiger partial charge in [-0.1, -0.05) is 6.92 Å². The van der Waals surface area contributed by atoms with Crippen molar-refractivity contribution in [3.05, 3.63) is 42.0 Å². The van der Waals surface area contributed by atoms with Crippen LogP contribution in [0, 0.1) is 0 Å². The third kappa shape index (κ3) is 3.55. The fourth-order valence-electron chi connectivity index (χ4n) is 2.43. The van der Waals surface area contributed by atoms with E-state index < -0.39 is 0 Å². The SMILES string of the molecule is CCNC(Cc1nccn1C)c1cc(OC)ccc1OC. The number of likely N-dealkylation sites (N-methyl/N-ethyl adjacent to an activating group) is 1. The smallest absolute Gasteiger partial charge is 0.123 e. The number of hydrogen-bond donors (Lipinski definition) is 1. The van der Waals surface area contributed by atoms with Crippen molar-refractivity contribution in [2.75, 3.05) is 20.8 Å². The molecule has 2 rings (SSSR count). The van der Waals surface area contributed by atoms with Crippen molar-refractivity contribution in [1.82, 2.24) is 14.9 Å². The highest BCUT2D eigenvalue weighted by Gasteiger charge is 2.18. The van der Waals surface area contributed by atoms with Gasteiger partial charge in [-0.3, -0.25) is 0 Å². The summed E-state index contributed by atoms with van der Waals surface area (Å²) < 4.78 is 12.9.